The third-order valence-corrected chi connectivity index (χ3v) is 3.24. The van der Waals surface area contributed by atoms with Gasteiger partial charge in [-0.05, 0) is 52.7 Å². The average molecular weight is 263 g/mol. The zero-order valence-electron chi connectivity index (χ0n) is 13.7. The molecule has 0 saturated carbocycles. The molecule has 1 aliphatic rings. The molecule has 1 aliphatic heterocycles. The molecule has 1 nitrogen and oxygen atoms in total. The Morgan fingerprint density at radius 3 is 1.68 bits per heavy atom. The molecule has 1 aromatic carbocycles. The Balaban J connectivity index is 0.000000303. The zero-order valence-corrected chi connectivity index (χ0v) is 13.7. The van der Waals surface area contributed by atoms with Gasteiger partial charge >= 0.3 is 0 Å². The Bertz CT molecular complexity index is 262. The van der Waals surface area contributed by atoms with E-state index in [1.54, 1.807) is 0 Å². The van der Waals surface area contributed by atoms with Crippen molar-refractivity contribution in [2.24, 2.45) is 0 Å². The van der Waals surface area contributed by atoms with Gasteiger partial charge in [-0.25, -0.2) is 0 Å². The highest BCUT2D eigenvalue weighted by molar-refractivity contribution is 5.19. The van der Waals surface area contributed by atoms with Crippen LogP contribution in [0.15, 0.2) is 24.3 Å². The van der Waals surface area contributed by atoms with E-state index in [4.69, 9.17) is 0 Å². The molecule has 0 atom stereocenters. The number of likely N-dealkylation sites (tertiary alicyclic amines) is 1. The minimum absolute atomic E-state index is 1.33. The van der Waals surface area contributed by atoms with E-state index < -0.39 is 0 Å². The second-order valence-electron chi connectivity index (χ2n) is 5.06. The van der Waals surface area contributed by atoms with Crippen molar-refractivity contribution < 1.29 is 0 Å². The van der Waals surface area contributed by atoms with Gasteiger partial charge in [-0.3, -0.25) is 0 Å². The summed E-state index contributed by atoms with van der Waals surface area (Å²) >= 11 is 0. The first-order valence-electron chi connectivity index (χ1n) is 7.98. The van der Waals surface area contributed by atoms with Gasteiger partial charge in [0.1, 0.15) is 0 Å². The summed E-state index contributed by atoms with van der Waals surface area (Å²) in [5.74, 6) is 0. The van der Waals surface area contributed by atoms with Crippen LogP contribution in [-0.2, 0) is 0 Å². The molecule has 0 spiro atoms. The van der Waals surface area contributed by atoms with Gasteiger partial charge in [0.25, 0.3) is 0 Å². The molecular weight excluding hydrogens is 230 g/mol. The van der Waals surface area contributed by atoms with E-state index in [0.29, 0.717) is 0 Å². The van der Waals surface area contributed by atoms with E-state index in [0.717, 1.165) is 0 Å². The first kappa shape index (κ1) is 18.2. The first-order chi connectivity index (χ1) is 9.22. The Hall–Kier alpha value is -0.820. The van der Waals surface area contributed by atoms with Gasteiger partial charge in [-0.2, -0.15) is 0 Å². The highest BCUT2D eigenvalue weighted by Crippen LogP contribution is 2.07. The molecule has 1 heterocycles. The molecule has 1 saturated heterocycles. The van der Waals surface area contributed by atoms with Crippen LogP contribution in [0.5, 0.6) is 0 Å². The fourth-order valence-electron chi connectivity index (χ4n) is 2.02. The summed E-state index contributed by atoms with van der Waals surface area (Å²) in [6.07, 6.45) is 5.60. The molecule has 0 radical (unpaired) electrons. The van der Waals surface area contributed by atoms with Crippen LogP contribution in [0.1, 0.15) is 57.6 Å². The summed E-state index contributed by atoms with van der Waals surface area (Å²) < 4.78 is 0. The number of benzene rings is 1. The summed E-state index contributed by atoms with van der Waals surface area (Å²) in [5.41, 5.74) is 2.66. The van der Waals surface area contributed by atoms with Crippen molar-refractivity contribution in [2.75, 3.05) is 19.6 Å². The van der Waals surface area contributed by atoms with Crippen LogP contribution in [0.2, 0.25) is 0 Å². The van der Waals surface area contributed by atoms with Gasteiger partial charge in [0.15, 0.2) is 0 Å². The Morgan fingerprint density at radius 2 is 1.32 bits per heavy atom. The minimum atomic E-state index is 1.33. The van der Waals surface area contributed by atoms with Crippen molar-refractivity contribution in [3.05, 3.63) is 35.4 Å². The van der Waals surface area contributed by atoms with Crippen molar-refractivity contribution in [2.45, 2.75) is 60.3 Å². The lowest BCUT2D eigenvalue weighted by molar-refractivity contribution is 0.332. The van der Waals surface area contributed by atoms with Crippen LogP contribution in [0, 0.1) is 13.8 Å². The molecule has 0 aliphatic carbocycles. The highest BCUT2D eigenvalue weighted by Gasteiger charge is 2.09. The summed E-state index contributed by atoms with van der Waals surface area (Å²) in [7, 11) is 0. The average Bonchev–Trinajstić information content (AvgIpc) is 2.96. The summed E-state index contributed by atoms with van der Waals surface area (Å²) in [6.45, 7) is 14.5. The Kier molecular flexibility index (Phi) is 11.7. The van der Waals surface area contributed by atoms with E-state index in [1.807, 2.05) is 13.8 Å². The van der Waals surface area contributed by atoms with Crippen molar-refractivity contribution in [1.82, 2.24) is 4.90 Å². The molecule has 0 amide bonds. The largest absolute Gasteiger partial charge is 0.303 e. The number of nitrogens with zero attached hydrogens (tertiary/aromatic N) is 1. The number of hydrogen-bond acceptors (Lipinski definition) is 1. The summed E-state index contributed by atoms with van der Waals surface area (Å²) in [4.78, 5) is 2.57. The molecule has 19 heavy (non-hydrogen) atoms. The van der Waals surface area contributed by atoms with Crippen molar-refractivity contribution in [1.29, 1.82) is 0 Å². The Labute approximate surface area is 121 Å². The van der Waals surface area contributed by atoms with Crippen molar-refractivity contribution >= 4 is 0 Å². The van der Waals surface area contributed by atoms with E-state index in [-0.39, 0.29) is 0 Å². The van der Waals surface area contributed by atoms with Crippen LogP contribution in [-0.4, -0.2) is 24.5 Å². The van der Waals surface area contributed by atoms with E-state index in [1.165, 1.54) is 56.4 Å². The third kappa shape index (κ3) is 9.72. The maximum atomic E-state index is 2.57. The van der Waals surface area contributed by atoms with Crippen LogP contribution in [0.3, 0.4) is 0 Å². The van der Waals surface area contributed by atoms with E-state index >= 15 is 0 Å². The lowest BCUT2D eigenvalue weighted by atomic mass is 10.2. The SMILES string of the molecule is CC.CCCCN1CCCC1.Cc1ccc(C)cc1. The fraction of sp³-hybridized carbons (Fsp3) is 0.667. The lowest BCUT2D eigenvalue weighted by Crippen LogP contribution is -2.19. The molecule has 110 valence electrons. The van der Waals surface area contributed by atoms with Crippen LogP contribution >= 0.6 is 0 Å². The number of unbranched alkanes of at least 4 members (excludes halogenated alkanes) is 1. The van der Waals surface area contributed by atoms with Gasteiger partial charge < -0.3 is 4.90 Å². The van der Waals surface area contributed by atoms with Gasteiger partial charge in [0, 0.05) is 0 Å². The number of aryl methyl sites for hydroxylation is 2. The normalized spacial score (nSPS) is 14.2. The Morgan fingerprint density at radius 1 is 0.895 bits per heavy atom. The van der Waals surface area contributed by atoms with Crippen LogP contribution < -0.4 is 0 Å². The zero-order chi connectivity index (χ0) is 14.5. The third-order valence-electron chi connectivity index (χ3n) is 3.24. The molecule has 2 rings (SSSR count). The van der Waals surface area contributed by atoms with Gasteiger partial charge in [-0.15, -0.1) is 0 Å². The summed E-state index contributed by atoms with van der Waals surface area (Å²) in [5, 5.41) is 0. The molecule has 0 unspecified atom stereocenters. The van der Waals surface area contributed by atoms with Crippen LogP contribution in [0.25, 0.3) is 0 Å². The number of rotatable bonds is 3. The van der Waals surface area contributed by atoms with Gasteiger partial charge in [-0.1, -0.05) is 62.6 Å². The van der Waals surface area contributed by atoms with Crippen molar-refractivity contribution in [3.8, 4) is 0 Å². The van der Waals surface area contributed by atoms with Crippen LogP contribution in [0.4, 0.5) is 0 Å². The summed E-state index contributed by atoms with van der Waals surface area (Å²) in [6, 6.07) is 8.48. The first-order valence-corrected chi connectivity index (χ1v) is 7.98. The molecule has 1 aromatic rings. The van der Waals surface area contributed by atoms with E-state index in [2.05, 4.69) is 49.9 Å². The fourth-order valence-corrected chi connectivity index (χ4v) is 2.02. The second kappa shape index (κ2) is 12.2. The molecule has 0 aromatic heterocycles. The standard InChI is InChI=1S/C8H17N.C8H10.C2H6/c1-2-3-6-9-7-4-5-8-9;1-7-3-5-8(2)6-4-7;1-2/h2-8H2,1H3;3-6H,1-2H3;1-2H3. The van der Waals surface area contributed by atoms with Gasteiger partial charge in [0.05, 0.1) is 0 Å². The smallest absolute Gasteiger partial charge is 0.00183 e. The van der Waals surface area contributed by atoms with Crippen molar-refractivity contribution in [3.63, 3.8) is 0 Å². The maximum absolute atomic E-state index is 2.57. The maximum Gasteiger partial charge on any atom is -0.00183 e. The topological polar surface area (TPSA) is 3.24 Å². The lowest BCUT2D eigenvalue weighted by Gasteiger charge is -2.12. The predicted octanol–water partition coefficient (Wildman–Crippen LogP) is 5.21. The monoisotopic (exact) mass is 263 g/mol. The molecule has 1 heteroatoms. The molecular formula is C18H33N. The second-order valence-corrected chi connectivity index (χ2v) is 5.06. The predicted molar refractivity (Wildman–Crippen MR) is 87.8 cm³/mol. The molecule has 0 bridgehead atoms. The quantitative estimate of drug-likeness (QED) is 0.723. The molecule has 0 N–H and O–H groups in total. The van der Waals surface area contributed by atoms with E-state index in [9.17, 15) is 0 Å². The molecule has 1 fully saturated rings. The number of hydrogen-bond donors (Lipinski definition) is 0. The minimum Gasteiger partial charge on any atom is -0.303 e. The van der Waals surface area contributed by atoms with Gasteiger partial charge in [0.2, 0.25) is 0 Å². The highest BCUT2D eigenvalue weighted by atomic mass is 15.1.